The molecule has 2 amide bonds. The van der Waals surface area contributed by atoms with Crippen molar-refractivity contribution in [3.8, 4) is 0 Å². The molecule has 5 heterocycles. The highest BCUT2D eigenvalue weighted by Gasteiger charge is 2.53. The maximum atomic E-state index is 13.1. The number of nitrogens with two attached hydrogens (primary N) is 2. The summed E-state index contributed by atoms with van der Waals surface area (Å²) in [5, 5.41) is 23.0. The molecule has 2 aliphatic rings. The number of hydrogen-bond donors (Lipinski definition) is 4. The summed E-state index contributed by atoms with van der Waals surface area (Å²) in [5.41, 5.74) is 12.5. The summed E-state index contributed by atoms with van der Waals surface area (Å²) < 4.78 is 3.83. The third-order valence-electron chi connectivity index (χ3n) is 6.20. The molecule has 0 aliphatic carbocycles. The lowest BCUT2D eigenvalue weighted by molar-refractivity contribution is -0.662. The van der Waals surface area contributed by atoms with E-state index >= 15 is 0 Å². The van der Waals surface area contributed by atoms with E-state index in [2.05, 4.69) is 20.8 Å². The Labute approximate surface area is 230 Å². The highest BCUT2D eigenvalue weighted by atomic mass is 32.2. The Bertz CT molecular complexity index is 1510. The zero-order valence-corrected chi connectivity index (χ0v) is 22.3. The molecule has 0 bridgehead atoms. The molecule has 14 nitrogen and oxygen atoms in total. The number of rotatable bonds is 10. The number of pyridine rings is 1. The summed E-state index contributed by atoms with van der Waals surface area (Å²) in [5.74, 6) is -1.55. The Hall–Kier alpha value is -4.15. The average Bonchev–Trinajstić information content (AvgIpc) is 3.54. The fraction of sp³-hybridized carbons (Fsp3) is 0.304. The number of β-lactam (4-membered cyclic amide) rings is 1. The number of amides is 2. The molecule has 39 heavy (non-hydrogen) atoms. The molecule has 0 radical (unpaired) electrons. The van der Waals surface area contributed by atoms with Gasteiger partial charge in [0.15, 0.2) is 16.7 Å². The van der Waals surface area contributed by atoms with Crippen molar-refractivity contribution < 1.29 is 28.9 Å². The molecular weight excluding hydrogens is 546 g/mol. The lowest BCUT2D eigenvalue weighted by Gasteiger charge is -2.50. The summed E-state index contributed by atoms with van der Waals surface area (Å²) in [6.45, 7) is 1.31. The van der Waals surface area contributed by atoms with Crippen LogP contribution in [-0.4, -0.2) is 75.1 Å². The number of aliphatic carboxylic acids is 1. The van der Waals surface area contributed by atoms with Gasteiger partial charge in [0.25, 0.3) is 17.5 Å². The number of thioether (sulfide) groups is 1. The molecular formula is C23H25N9O5S2. The first-order valence-electron chi connectivity index (χ1n) is 11.8. The van der Waals surface area contributed by atoms with Crippen LogP contribution in [0.3, 0.4) is 0 Å². The van der Waals surface area contributed by atoms with Gasteiger partial charge in [-0.15, -0.1) is 23.1 Å². The molecule has 2 aliphatic heterocycles. The molecule has 16 heteroatoms. The zero-order chi connectivity index (χ0) is 27.7. The number of fused-ring (bicyclic) bond motifs is 2. The van der Waals surface area contributed by atoms with Gasteiger partial charge in [-0.3, -0.25) is 14.5 Å². The predicted octanol–water partition coefficient (Wildman–Crippen LogP) is -1.91. The number of hydrogen-bond acceptors (Lipinski definition) is 12. The highest BCUT2D eigenvalue weighted by Crippen LogP contribution is 2.40. The van der Waals surface area contributed by atoms with Crippen LogP contribution in [0.15, 0.2) is 52.4 Å². The maximum absolute atomic E-state index is 13.1. The molecule has 1 fully saturated rings. The number of carboxylic acids is 1. The van der Waals surface area contributed by atoms with Gasteiger partial charge in [-0.05, 0) is 6.07 Å². The number of carbonyl (C=O) groups is 3. The Kier molecular flexibility index (Phi) is 7.40. The number of nitrogen functional groups attached to an aromatic ring is 1. The second-order valence-corrected chi connectivity index (χ2v) is 10.6. The second-order valence-electron chi connectivity index (χ2n) is 8.57. The van der Waals surface area contributed by atoms with Crippen molar-refractivity contribution in [3.05, 3.63) is 52.9 Å². The Morgan fingerprint density at radius 3 is 2.90 bits per heavy atom. The fourth-order valence-electron chi connectivity index (χ4n) is 4.50. The van der Waals surface area contributed by atoms with Gasteiger partial charge in [-0.25, -0.2) is 9.55 Å². The van der Waals surface area contributed by atoms with Gasteiger partial charge < -0.3 is 36.8 Å². The third kappa shape index (κ3) is 4.88. The summed E-state index contributed by atoms with van der Waals surface area (Å²) in [4.78, 5) is 48.3. The van der Waals surface area contributed by atoms with Crippen LogP contribution < -0.4 is 31.8 Å². The molecule has 0 aromatic carbocycles. The van der Waals surface area contributed by atoms with E-state index < -0.39 is 29.2 Å². The first-order chi connectivity index (χ1) is 18.8. The summed E-state index contributed by atoms with van der Waals surface area (Å²) in [6.07, 6.45) is 3.70. The van der Waals surface area contributed by atoms with Crippen molar-refractivity contribution in [2.75, 3.05) is 37.0 Å². The Morgan fingerprint density at radius 1 is 1.38 bits per heavy atom. The molecule has 3 aromatic rings. The first kappa shape index (κ1) is 26.5. The summed E-state index contributed by atoms with van der Waals surface area (Å²) in [7, 11) is 1.28. The smallest absolute Gasteiger partial charge is 0.288 e. The van der Waals surface area contributed by atoms with Gasteiger partial charge in [-0.2, -0.15) is 4.40 Å². The summed E-state index contributed by atoms with van der Waals surface area (Å²) >= 11 is 2.48. The number of nitrogens with one attached hydrogen (secondary N) is 2. The van der Waals surface area contributed by atoms with Crippen molar-refractivity contribution in [2.45, 2.75) is 18.0 Å². The largest absolute Gasteiger partial charge is 0.543 e. The summed E-state index contributed by atoms with van der Waals surface area (Å²) in [6, 6.07) is 4.74. The number of imidazole rings is 1. The highest BCUT2D eigenvalue weighted by molar-refractivity contribution is 8.00. The number of thiazole rings is 1. The van der Waals surface area contributed by atoms with Crippen molar-refractivity contribution in [3.63, 3.8) is 0 Å². The number of oxime groups is 1. The lowest BCUT2D eigenvalue weighted by atomic mass is 10.0. The van der Waals surface area contributed by atoms with Crippen molar-refractivity contribution in [1.82, 2.24) is 19.6 Å². The van der Waals surface area contributed by atoms with E-state index in [1.54, 1.807) is 5.38 Å². The standard InChI is InChI=1S/C23H25N9O5S2/c1-37-29-16(13-11-39-23(25)27-13)19(33)28-17-20(34)32-18(22(35)36)12(10-38-21(17)32)9-30-7-8-31-14(26-6-5-24)3-2-4-15(30)31/h2-4,7-8,11,17,21H,5-6,9-10,24H2,1H3,(H4,25,27,28,33,35,36)/b29-16-/t17-,21-/m1/s1. The molecule has 5 rings (SSSR count). The fourth-order valence-corrected chi connectivity index (χ4v) is 6.39. The normalized spacial score (nSPS) is 19.1. The van der Waals surface area contributed by atoms with Crippen molar-refractivity contribution in [1.29, 1.82) is 0 Å². The number of anilines is 2. The zero-order valence-electron chi connectivity index (χ0n) is 20.7. The van der Waals surface area contributed by atoms with Gasteiger partial charge in [0, 0.05) is 41.9 Å². The van der Waals surface area contributed by atoms with Crippen LogP contribution in [0.5, 0.6) is 0 Å². The maximum Gasteiger partial charge on any atom is 0.288 e. The van der Waals surface area contributed by atoms with E-state index in [-0.39, 0.29) is 28.8 Å². The molecule has 0 saturated carbocycles. The number of carbonyl (C=O) groups excluding carboxylic acids is 3. The molecule has 6 N–H and O–H groups in total. The average molecular weight is 572 g/mol. The minimum absolute atomic E-state index is 0.147. The van der Waals surface area contributed by atoms with Gasteiger partial charge in [0.1, 0.15) is 43.2 Å². The molecule has 3 aromatic heterocycles. The SMILES string of the molecule is CO/N=C(\C(=O)N[C@@H]1C(=O)N2C(C(=O)[O-])=C(C[n+]3ccn4c(NCCN)cccc43)CS[C@H]12)c1csc(N)n1. The minimum atomic E-state index is -1.46. The van der Waals surface area contributed by atoms with E-state index in [1.807, 2.05) is 39.6 Å². The molecule has 2 atom stereocenters. The van der Waals surface area contributed by atoms with Gasteiger partial charge in [0.05, 0.1) is 11.7 Å². The Morgan fingerprint density at radius 2 is 2.21 bits per heavy atom. The van der Waals surface area contributed by atoms with E-state index in [0.717, 1.165) is 22.8 Å². The van der Waals surface area contributed by atoms with Crippen LogP contribution in [0.2, 0.25) is 0 Å². The monoisotopic (exact) mass is 571 g/mol. The van der Waals surface area contributed by atoms with Crippen LogP contribution in [0.4, 0.5) is 10.9 Å². The minimum Gasteiger partial charge on any atom is -0.543 e. The van der Waals surface area contributed by atoms with Crippen LogP contribution in [-0.2, 0) is 25.8 Å². The van der Waals surface area contributed by atoms with Crippen LogP contribution >= 0.6 is 23.1 Å². The number of nitrogens with zero attached hydrogens (tertiary/aromatic N) is 5. The molecule has 1 saturated heterocycles. The molecule has 204 valence electrons. The number of aromatic nitrogens is 3. The lowest BCUT2D eigenvalue weighted by Crippen LogP contribution is -2.71. The molecule has 0 unspecified atom stereocenters. The van der Waals surface area contributed by atoms with E-state index in [9.17, 15) is 19.5 Å². The predicted molar refractivity (Wildman–Crippen MR) is 142 cm³/mol. The topological polar surface area (TPSA) is 196 Å². The van der Waals surface area contributed by atoms with Gasteiger partial charge in [0.2, 0.25) is 0 Å². The van der Waals surface area contributed by atoms with Crippen molar-refractivity contribution in [2.24, 2.45) is 10.9 Å². The van der Waals surface area contributed by atoms with Gasteiger partial charge >= 0.3 is 0 Å². The van der Waals surface area contributed by atoms with E-state index in [4.69, 9.17) is 16.3 Å². The quantitative estimate of drug-likeness (QED) is 0.0922. The van der Waals surface area contributed by atoms with E-state index in [0.29, 0.717) is 24.4 Å². The van der Waals surface area contributed by atoms with Crippen LogP contribution in [0.1, 0.15) is 5.69 Å². The third-order valence-corrected chi connectivity index (χ3v) is 8.21. The second kappa shape index (κ2) is 10.9. The van der Waals surface area contributed by atoms with Crippen LogP contribution in [0, 0.1) is 0 Å². The Balaban J connectivity index is 1.36. The van der Waals surface area contributed by atoms with Crippen LogP contribution in [0.25, 0.3) is 5.65 Å². The van der Waals surface area contributed by atoms with Gasteiger partial charge in [-0.1, -0.05) is 5.16 Å². The number of carboxylic acid groups (broad SMARTS) is 1. The van der Waals surface area contributed by atoms with E-state index in [1.165, 1.54) is 23.8 Å². The molecule has 0 spiro atoms. The first-order valence-corrected chi connectivity index (χ1v) is 13.7. The van der Waals surface area contributed by atoms with Crippen molar-refractivity contribution >= 4 is 63.2 Å².